The zero-order valence-electron chi connectivity index (χ0n) is 11.5. The monoisotopic (exact) mass is 300 g/mol. The Bertz CT molecular complexity index is 783. The van der Waals surface area contributed by atoms with E-state index in [0.717, 1.165) is 16.3 Å². The first-order valence-electron chi connectivity index (χ1n) is 6.65. The molecule has 0 aliphatic heterocycles. The molecule has 1 N–H and O–H groups in total. The summed E-state index contributed by atoms with van der Waals surface area (Å²) in [6.07, 6.45) is 3.55. The molecule has 2 nitrogen and oxygen atoms in total. The van der Waals surface area contributed by atoms with Crippen LogP contribution in [0, 0.1) is 5.82 Å². The summed E-state index contributed by atoms with van der Waals surface area (Å²) >= 11 is 6.02. The van der Waals surface area contributed by atoms with Gasteiger partial charge in [-0.05, 0) is 42.3 Å². The second kappa shape index (κ2) is 5.80. The van der Waals surface area contributed by atoms with Gasteiger partial charge >= 0.3 is 0 Å². The highest BCUT2D eigenvalue weighted by Crippen LogP contribution is 2.31. The van der Waals surface area contributed by atoms with E-state index in [1.807, 2.05) is 31.3 Å². The van der Waals surface area contributed by atoms with Gasteiger partial charge in [-0.25, -0.2) is 4.39 Å². The van der Waals surface area contributed by atoms with Crippen molar-refractivity contribution in [1.29, 1.82) is 0 Å². The third-order valence-electron chi connectivity index (χ3n) is 3.58. The second-order valence-electron chi connectivity index (χ2n) is 4.83. The van der Waals surface area contributed by atoms with Crippen LogP contribution in [-0.4, -0.2) is 12.0 Å². The molecule has 2 aromatic carbocycles. The lowest BCUT2D eigenvalue weighted by atomic mass is 9.94. The molecule has 0 spiro atoms. The number of hydrogen-bond acceptors (Lipinski definition) is 2. The maximum atomic E-state index is 14.2. The zero-order valence-corrected chi connectivity index (χ0v) is 12.2. The summed E-state index contributed by atoms with van der Waals surface area (Å²) in [6, 6.07) is 12.2. The molecule has 1 unspecified atom stereocenters. The summed E-state index contributed by atoms with van der Waals surface area (Å²) in [6.45, 7) is 0. The van der Waals surface area contributed by atoms with Gasteiger partial charge in [0.25, 0.3) is 0 Å². The molecule has 1 heterocycles. The average molecular weight is 301 g/mol. The summed E-state index contributed by atoms with van der Waals surface area (Å²) < 4.78 is 14.2. The van der Waals surface area contributed by atoms with Crippen LogP contribution in [0.4, 0.5) is 4.39 Å². The highest BCUT2D eigenvalue weighted by atomic mass is 35.5. The Morgan fingerprint density at radius 3 is 2.81 bits per heavy atom. The van der Waals surface area contributed by atoms with Gasteiger partial charge in [-0.2, -0.15) is 0 Å². The summed E-state index contributed by atoms with van der Waals surface area (Å²) in [5, 5.41) is 5.77. The standard InChI is InChI=1S/C17H14ClFN2/c1-20-17(15-9-12(18)5-6-16(15)19)14-4-2-3-11-10-21-8-7-13(11)14/h2-10,17,20H,1H3. The van der Waals surface area contributed by atoms with E-state index in [-0.39, 0.29) is 11.9 Å². The fourth-order valence-electron chi connectivity index (χ4n) is 2.61. The van der Waals surface area contributed by atoms with Crippen molar-refractivity contribution in [3.05, 3.63) is 76.8 Å². The van der Waals surface area contributed by atoms with Gasteiger partial charge in [0.1, 0.15) is 5.82 Å². The Morgan fingerprint density at radius 2 is 2.00 bits per heavy atom. The first-order valence-corrected chi connectivity index (χ1v) is 7.03. The Kier molecular flexibility index (Phi) is 3.86. The Hall–Kier alpha value is -1.97. The summed E-state index contributed by atoms with van der Waals surface area (Å²) in [5.41, 5.74) is 1.54. The number of aromatic nitrogens is 1. The van der Waals surface area contributed by atoms with Crippen LogP contribution in [0.3, 0.4) is 0 Å². The third-order valence-corrected chi connectivity index (χ3v) is 3.82. The number of nitrogens with zero attached hydrogens (tertiary/aromatic N) is 1. The van der Waals surface area contributed by atoms with Crippen molar-refractivity contribution in [3.8, 4) is 0 Å². The Balaban J connectivity index is 2.21. The van der Waals surface area contributed by atoms with Crippen molar-refractivity contribution < 1.29 is 4.39 Å². The smallest absolute Gasteiger partial charge is 0.128 e. The molecule has 1 atom stereocenters. The molecule has 0 aliphatic carbocycles. The van der Waals surface area contributed by atoms with Gasteiger partial charge in [-0.1, -0.05) is 29.8 Å². The number of nitrogens with one attached hydrogen (secondary N) is 1. The summed E-state index contributed by atoms with van der Waals surface area (Å²) in [7, 11) is 1.81. The lowest BCUT2D eigenvalue weighted by Gasteiger charge is -2.20. The van der Waals surface area contributed by atoms with E-state index in [1.54, 1.807) is 24.5 Å². The summed E-state index contributed by atoms with van der Waals surface area (Å²) in [5.74, 6) is -0.273. The van der Waals surface area contributed by atoms with Crippen LogP contribution < -0.4 is 5.32 Å². The van der Waals surface area contributed by atoms with E-state index in [1.165, 1.54) is 6.07 Å². The van der Waals surface area contributed by atoms with Crippen molar-refractivity contribution in [3.63, 3.8) is 0 Å². The van der Waals surface area contributed by atoms with Crippen LogP contribution in [0.5, 0.6) is 0 Å². The molecular weight excluding hydrogens is 287 g/mol. The minimum Gasteiger partial charge on any atom is -0.309 e. The topological polar surface area (TPSA) is 24.9 Å². The van der Waals surface area contributed by atoms with Gasteiger partial charge < -0.3 is 5.32 Å². The van der Waals surface area contributed by atoms with E-state index in [0.29, 0.717) is 10.6 Å². The number of benzene rings is 2. The van der Waals surface area contributed by atoms with Gasteiger partial charge in [0, 0.05) is 28.4 Å². The van der Waals surface area contributed by atoms with Crippen LogP contribution in [-0.2, 0) is 0 Å². The van der Waals surface area contributed by atoms with E-state index in [4.69, 9.17) is 11.6 Å². The normalized spacial score (nSPS) is 12.5. The van der Waals surface area contributed by atoms with Gasteiger partial charge in [0.05, 0.1) is 6.04 Å². The molecule has 1 aromatic heterocycles. The molecule has 0 amide bonds. The van der Waals surface area contributed by atoms with E-state index in [9.17, 15) is 4.39 Å². The largest absolute Gasteiger partial charge is 0.309 e. The van der Waals surface area contributed by atoms with Gasteiger partial charge in [0.2, 0.25) is 0 Å². The molecule has 0 aliphatic rings. The van der Waals surface area contributed by atoms with E-state index in [2.05, 4.69) is 10.3 Å². The molecule has 4 heteroatoms. The lowest BCUT2D eigenvalue weighted by molar-refractivity contribution is 0.577. The van der Waals surface area contributed by atoms with Crippen LogP contribution in [0.25, 0.3) is 10.8 Å². The molecule has 0 saturated carbocycles. The fourth-order valence-corrected chi connectivity index (χ4v) is 2.79. The molecule has 106 valence electrons. The molecule has 0 saturated heterocycles. The lowest BCUT2D eigenvalue weighted by Crippen LogP contribution is -2.19. The van der Waals surface area contributed by atoms with Crippen LogP contribution in [0.2, 0.25) is 5.02 Å². The fraction of sp³-hybridized carbons (Fsp3) is 0.118. The average Bonchev–Trinajstić information content (AvgIpc) is 2.51. The third kappa shape index (κ3) is 2.62. The molecule has 3 rings (SSSR count). The van der Waals surface area contributed by atoms with Crippen LogP contribution in [0.1, 0.15) is 17.2 Å². The minimum atomic E-state index is -0.273. The molecule has 0 bridgehead atoms. The van der Waals surface area contributed by atoms with E-state index >= 15 is 0 Å². The molecule has 21 heavy (non-hydrogen) atoms. The first kappa shape index (κ1) is 14.0. The molecule has 0 fully saturated rings. The summed E-state index contributed by atoms with van der Waals surface area (Å²) in [4.78, 5) is 4.13. The van der Waals surface area contributed by atoms with Crippen molar-refractivity contribution >= 4 is 22.4 Å². The SMILES string of the molecule is CNC(c1cc(Cl)ccc1F)c1cccc2cnccc12. The number of fused-ring (bicyclic) bond motifs is 1. The van der Waals surface area contributed by atoms with Crippen molar-refractivity contribution in [2.75, 3.05) is 7.05 Å². The molecule has 3 aromatic rings. The number of rotatable bonds is 3. The van der Waals surface area contributed by atoms with Gasteiger partial charge in [0.15, 0.2) is 0 Å². The van der Waals surface area contributed by atoms with Gasteiger partial charge in [-0.3, -0.25) is 4.98 Å². The number of hydrogen-bond donors (Lipinski definition) is 1. The first-order chi connectivity index (χ1) is 10.2. The highest BCUT2D eigenvalue weighted by Gasteiger charge is 2.18. The van der Waals surface area contributed by atoms with Crippen LogP contribution >= 0.6 is 11.6 Å². The number of pyridine rings is 1. The highest BCUT2D eigenvalue weighted by molar-refractivity contribution is 6.30. The van der Waals surface area contributed by atoms with Crippen LogP contribution in [0.15, 0.2) is 54.9 Å². The number of halogens is 2. The predicted molar refractivity (Wildman–Crippen MR) is 84.1 cm³/mol. The Morgan fingerprint density at radius 1 is 1.14 bits per heavy atom. The minimum absolute atomic E-state index is 0.269. The zero-order chi connectivity index (χ0) is 14.8. The van der Waals surface area contributed by atoms with E-state index < -0.39 is 0 Å². The maximum Gasteiger partial charge on any atom is 0.128 e. The van der Waals surface area contributed by atoms with Crippen molar-refractivity contribution in [2.24, 2.45) is 0 Å². The second-order valence-corrected chi connectivity index (χ2v) is 5.27. The molecule has 0 radical (unpaired) electrons. The molecular formula is C17H14ClFN2. The Labute approximate surface area is 127 Å². The predicted octanol–water partition coefficient (Wildman–Crippen LogP) is 4.34. The maximum absolute atomic E-state index is 14.2. The van der Waals surface area contributed by atoms with Crippen molar-refractivity contribution in [1.82, 2.24) is 10.3 Å². The van der Waals surface area contributed by atoms with Gasteiger partial charge in [-0.15, -0.1) is 0 Å². The van der Waals surface area contributed by atoms with Crippen molar-refractivity contribution in [2.45, 2.75) is 6.04 Å². The quantitative estimate of drug-likeness (QED) is 0.778.